The molecule has 2 aromatic rings. The number of aromatic nitrogens is 4. The molecule has 0 unspecified atom stereocenters. The Hall–Kier alpha value is -1.99. The number of anilines is 1. The van der Waals surface area contributed by atoms with E-state index in [0.29, 0.717) is 18.0 Å². The number of fused-ring (bicyclic) bond motifs is 4. The summed E-state index contributed by atoms with van der Waals surface area (Å²) in [5, 5.41) is 14.2. The molecule has 3 atom stereocenters. The van der Waals surface area contributed by atoms with Gasteiger partial charge in [0.25, 0.3) is 0 Å². The molecule has 3 aliphatic rings. The molecule has 2 saturated heterocycles. The first kappa shape index (κ1) is 19.0. The summed E-state index contributed by atoms with van der Waals surface area (Å²) < 4.78 is 2.04. The lowest BCUT2D eigenvalue weighted by Gasteiger charge is -2.37. The van der Waals surface area contributed by atoms with E-state index in [-0.39, 0.29) is 6.61 Å². The van der Waals surface area contributed by atoms with Crippen LogP contribution >= 0.6 is 0 Å². The maximum atomic E-state index is 9.53. The molecule has 0 radical (unpaired) electrons. The molecule has 0 amide bonds. The van der Waals surface area contributed by atoms with E-state index < -0.39 is 0 Å². The number of hydrogen-bond donors (Lipinski definition) is 1. The fourth-order valence-corrected chi connectivity index (χ4v) is 5.43. The molecular formula is C22H32N6O. The molecule has 0 aromatic carbocycles. The second-order valence-corrected chi connectivity index (χ2v) is 8.93. The summed E-state index contributed by atoms with van der Waals surface area (Å²) >= 11 is 0. The Kier molecular flexibility index (Phi) is 5.04. The number of nitrogens with zero attached hydrogens (tertiary/aromatic N) is 6. The number of aryl methyl sites for hydroxylation is 2. The SMILES string of the molecule is CCn1cc(CN2[C@H]3CC[C@H]2c2cnc(N4CCC[C@H](CO)C4)nc2C3)c(C)n1. The highest BCUT2D eigenvalue weighted by Gasteiger charge is 2.41. The van der Waals surface area contributed by atoms with Crippen molar-refractivity contribution in [2.75, 3.05) is 24.6 Å². The predicted molar refractivity (Wildman–Crippen MR) is 112 cm³/mol. The van der Waals surface area contributed by atoms with Crippen LogP contribution in [0.25, 0.3) is 0 Å². The van der Waals surface area contributed by atoms with Crippen molar-refractivity contribution >= 4 is 5.95 Å². The van der Waals surface area contributed by atoms with Crippen molar-refractivity contribution in [1.82, 2.24) is 24.6 Å². The van der Waals surface area contributed by atoms with Crippen LogP contribution in [0.3, 0.4) is 0 Å². The third kappa shape index (κ3) is 3.44. The van der Waals surface area contributed by atoms with Gasteiger partial charge in [0, 0.05) is 74.8 Å². The third-order valence-corrected chi connectivity index (χ3v) is 7.10. The number of piperidine rings is 1. The minimum atomic E-state index is 0.259. The van der Waals surface area contributed by atoms with Crippen LogP contribution in [-0.4, -0.2) is 55.5 Å². The van der Waals surface area contributed by atoms with E-state index in [9.17, 15) is 5.11 Å². The van der Waals surface area contributed by atoms with Crippen molar-refractivity contribution in [2.24, 2.45) is 5.92 Å². The topological polar surface area (TPSA) is 70.3 Å². The van der Waals surface area contributed by atoms with Gasteiger partial charge in [-0.25, -0.2) is 9.97 Å². The van der Waals surface area contributed by atoms with E-state index in [1.165, 1.54) is 29.7 Å². The van der Waals surface area contributed by atoms with Crippen molar-refractivity contribution in [3.8, 4) is 0 Å². The molecule has 0 saturated carbocycles. The highest BCUT2D eigenvalue weighted by molar-refractivity contribution is 5.38. The first-order valence-electron chi connectivity index (χ1n) is 11.2. The monoisotopic (exact) mass is 396 g/mol. The molecule has 5 rings (SSSR count). The number of rotatable bonds is 5. The van der Waals surface area contributed by atoms with Crippen LogP contribution in [0.2, 0.25) is 0 Å². The van der Waals surface area contributed by atoms with Gasteiger partial charge in [-0.3, -0.25) is 9.58 Å². The Morgan fingerprint density at radius 1 is 1.24 bits per heavy atom. The van der Waals surface area contributed by atoms with Gasteiger partial charge in [0.2, 0.25) is 5.95 Å². The molecule has 0 spiro atoms. The lowest BCUT2D eigenvalue weighted by atomic mass is 9.98. The van der Waals surface area contributed by atoms with Crippen molar-refractivity contribution in [3.05, 3.63) is 34.9 Å². The fraction of sp³-hybridized carbons (Fsp3) is 0.682. The van der Waals surface area contributed by atoms with Gasteiger partial charge < -0.3 is 10.0 Å². The smallest absolute Gasteiger partial charge is 0.225 e. The average molecular weight is 397 g/mol. The van der Waals surface area contributed by atoms with Crippen LogP contribution in [0, 0.1) is 12.8 Å². The van der Waals surface area contributed by atoms with Gasteiger partial charge >= 0.3 is 0 Å². The first-order chi connectivity index (χ1) is 14.2. The van der Waals surface area contributed by atoms with Gasteiger partial charge in [0.1, 0.15) is 0 Å². The number of hydrogen-bond acceptors (Lipinski definition) is 6. The van der Waals surface area contributed by atoms with Gasteiger partial charge in [0.05, 0.1) is 11.4 Å². The van der Waals surface area contributed by atoms with Crippen LogP contribution in [0.1, 0.15) is 61.2 Å². The Morgan fingerprint density at radius 2 is 2.14 bits per heavy atom. The molecule has 7 nitrogen and oxygen atoms in total. The maximum absolute atomic E-state index is 9.53. The lowest BCUT2D eigenvalue weighted by Crippen LogP contribution is -2.40. The first-order valence-corrected chi connectivity index (χ1v) is 11.2. The quantitative estimate of drug-likeness (QED) is 0.837. The van der Waals surface area contributed by atoms with Crippen molar-refractivity contribution in [3.63, 3.8) is 0 Å². The van der Waals surface area contributed by atoms with E-state index >= 15 is 0 Å². The highest BCUT2D eigenvalue weighted by Crippen LogP contribution is 2.44. The van der Waals surface area contributed by atoms with Crippen molar-refractivity contribution < 1.29 is 5.11 Å². The normalized spacial score (nSPS) is 26.7. The zero-order valence-corrected chi connectivity index (χ0v) is 17.6. The molecule has 7 heteroatoms. The molecule has 2 fully saturated rings. The van der Waals surface area contributed by atoms with Crippen molar-refractivity contribution in [1.29, 1.82) is 0 Å². The maximum Gasteiger partial charge on any atom is 0.225 e. The summed E-state index contributed by atoms with van der Waals surface area (Å²) in [6.45, 7) is 8.26. The molecule has 29 heavy (non-hydrogen) atoms. The van der Waals surface area contributed by atoms with Crippen LogP contribution in [0.4, 0.5) is 5.95 Å². The summed E-state index contributed by atoms with van der Waals surface area (Å²) in [7, 11) is 0. The Bertz CT molecular complexity index is 880. The number of aliphatic hydroxyl groups is 1. The molecule has 5 heterocycles. The minimum absolute atomic E-state index is 0.259. The Balaban J connectivity index is 1.37. The summed E-state index contributed by atoms with van der Waals surface area (Å²) in [4.78, 5) is 14.7. The largest absolute Gasteiger partial charge is 0.396 e. The van der Waals surface area contributed by atoms with Crippen LogP contribution in [0.5, 0.6) is 0 Å². The molecule has 156 valence electrons. The van der Waals surface area contributed by atoms with Crippen LogP contribution in [-0.2, 0) is 19.5 Å². The molecule has 2 aromatic heterocycles. The summed E-state index contributed by atoms with van der Waals surface area (Å²) in [5.41, 5.74) is 5.05. The summed E-state index contributed by atoms with van der Waals surface area (Å²) in [6, 6.07) is 0.986. The zero-order chi connectivity index (χ0) is 20.0. The van der Waals surface area contributed by atoms with Crippen molar-refractivity contribution in [2.45, 2.75) is 71.1 Å². The highest BCUT2D eigenvalue weighted by atomic mass is 16.3. The van der Waals surface area contributed by atoms with Gasteiger partial charge in [0.15, 0.2) is 0 Å². The van der Waals surface area contributed by atoms with E-state index in [0.717, 1.165) is 57.1 Å². The average Bonchev–Trinajstić information content (AvgIpc) is 3.25. The Labute approximate surface area is 172 Å². The standard InChI is InChI=1S/C22H32N6O/c1-3-27-12-17(15(2)25-27)13-28-18-6-7-21(28)19-10-23-22(24-20(19)9-18)26-8-4-5-16(11-26)14-29/h10,12,16,18,21,29H,3-9,11,13-14H2,1-2H3/t16-,18-,21-/m0/s1. The van der Waals surface area contributed by atoms with Gasteiger partial charge in [-0.1, -0.05) is 0 Å². The molecule has 1 N–H and O–H groups in total. The van der Waals surface area contributed by atoms with Gasteiger partial charge in [-0.2, -0.15) is 5.10 Å². The minimum Gasteiger partial charge on any atom is -0.396 e. The Morgan fingerprint density at radius 3 is 2.93 bits per heavy atom. The summed E-state index contributed by atoms with van der Waals surface area (Å²) in [5.74, 6) is 1.21. The lowest BCUT2D eigenvalue weighted by molar-refractivity contribution is 0.165. The van der Waals surface area contributed by atoms with E-state index in [1.807, 2.05) is 4.68 Å². The van der Waals surface area contributed by atoms with Crippen LogP contribution in [0.15, 0.2) is 12.4 Å². The van der Waals surface area contributed by atoms with E-state index in [2.05, 4.69) is 41.1 Å². The molecule has 0 aliphatic carbocycles. The van der Waals surface area contributed by atoms with Gasteiger partial charge in [-0.05, 0) is 45.4 Å². The second kappa shape index (κ2) is 7.69. The van der Waals surface area contributed by atoms with E-state index in [4.69, 9.17) is 9.97 Å². The third-order valence-electron chi connectivity index (χ3n) is 7.10. The zero-order valence-electron chi connectivity index (χ0n) is 17.6. The summed E-state index contributed by atoms with van der Waals surface area (Å²) in [6.07, 6.45) is 9.94. The number of aliphatic hydroxyl groups excluding tert-OH is 1. The molecule has 3 aliphatic heterocycles. The molecule has 2 bridgehead atoms. The van der Waals surface area contributed by atoms with E-state index in [1.54, 1.807) is 0 Å². The fourth-order valence-electron chi connectivity index (χ4n) is 5.43. The molecular weight excluding hydrogens is 364 g/mol. The van der Waals surface area contributed by atoms with Crippen LogP contribution < -0.4 is 4.90 Å². The second-order valence-electron chi connectivity index (χ2n) is 8.93. The van der Waals surface area contributed by atoms with Gasteiger partial charge in [-0.15, -0.1) is 0 Å². The predicted octanol–water partition coefficient (Wildman–Crippen LogP) is 2.47.